The van der Waals surface area contributed by atoms with Gasteiger partial charge in [-0.1, -0.05) is 23.7 Å². The zero-order valence-electron chi connectivity index (χ0n) is 11.6. The Morgan fingerprint density at radius 1 is 1.40 bits per heavy atom. The van der Waals surface area contributed by atoms with Crippen molar-refractivity contribution in [2.24, 2.45) is 0 Å². The summed E-state index contributed by atoms with van der Waals surface area (Å²) in [6.45, 7) is 5.98. The van der Waals surface area contributed by atoms with Gasteiger partial charge in [-0.25, -0.2) is 0 Å². The number of carbonyl (C=O) groups excluding carboxylic acids is 1. The van der Waals surface area contributed by atoms with Crippen LogP contribution in [0, 0.1) is 6.92 Å². The minimum Gasteiger partial charge on any atom is -0.340 e. The highest BCUT2D eigenvalue weighted by Crippen LogP contribution is 2.27. The number of hydrogen-bond acceptors (Lipinski definition) is 1. The summed E-state index contributed by atoms with van der Waals surface area (Å²) in [5, 5.41) is 3.43. The van der Waals surface area contributed by atoms with E-state index < -0.39 is 0 Å². The molecule has 2 aromatic rings. The van der Waals surface area contributed by atoms with Gasteiger partial charge in [-0.05, 0) is 54.4 Å². The zero-order valence-corrected chi connectivity index (χ0v) is 13.9. The molecule has 0 aliphatic heterocycles. The van der Waals surface area contributed by atoms with Gasteiger partial charge in [-0.2, -0.15) is 0 Å². The average Bonchev–Trinajstić information content (AvgIpc) is 2.76. The second kappa shape index (κ2) is 6.02. The molecule has 0 atom stereocenters. The van der Waals surface area contributed by atoms with E-state index in [0.717, 1.165) is 10.0 Å². The maximum atomic E-state index is 12.4. The summed E-state index contributed by atoms with van der Waals surface area (Å²) in [5.74, 6) is -0.166. The highest BCUT2D eigenvalue weighted by molar-refractivity contribution is 9.10. The maximum Gasteiger partial charge on any atom is 0.272 e. The van der Waals surface area contributed by atoms with Crippen molar-refractivity contribution in [1.82, 2.24) is 4.57 Å². The molecule has 106 valence electrons. The van der Waals surface area contributed by atoms with Crippen LogP contribution in [0.4, 0.5) is 5.69 Å². The number of carbonyl (C=O) groups is 1. The summed E-state index contributed by atoms with van der Waals surface area (Å²) in [5.41, 5.74) is 2.20. The number of benzene rings is 1. The fourth-order valence-corrected chi connectivity index (χ4v) is 2.73. The normalized spacial score (nSPS) is 10.9. The van der Waals surface area contributed by atoms with Crippen LogP contribution in [0.1, 0.15) is 35.9 Å². The summed E-state index contributed by atoms with van der Waals surface area (Å²) in [7, 11) is 0. The molecule has 1 aromatic heterocycles. The molecule has 0 fully saturated rings. The summed E-state index contributed by atoms with van der Waals surface area (Å²) >= 11 is 9.54. The second-order valence-corrected chi connectivity index (χ2v) is 6.25. The minimum atomic E-state index is -0.166. The van der Waals surface area contributed by atoms with Gasteiger partial charge in [0, 0.05) is 16.7 Å². The molecule has 2 rings (SSSR count). The van der Waals surface area contributed by atoms with Crippen molar-refractivity contribution < 1.29 is 4.79 Å². The third kappa shape index (κ3) is 3.07. The smallest absolute Gasteiger partial charge is 0.272 e. The van der Waals surface area contributed by atoms with Gasteiger partial charge in [0.05, 0.1) is 10.7 Å². The molecule has 0 aliphatic rings. The molecular weight excluding hydrogens is 340 g/mol. The number of nitrogens with zero attached hydrogens (tertiary/aromatic N) is 1. The standard InChI is InChI=1S/C15H16BrClN2O/c1-9(2)19-8-11(16)7-13(19)15(20)18-14-10(3)5-4-6-12(14)17/h4-9H,1-3H3,(H,18,20). The predicted octanol–water partition coefficient (Wildman–Crippen LogP) is 5.05. The lowest BCUT2D eigenvalue weighted by molar-refractivity contribution is 0.101. The summed E-state index contributed by atoms with van der Waals surface area (Å²) in [6, 6.07) is 7.55. The molecule has 5 heteroatoms. The molecule has 0 bridgehead atoms. The van der Waals surface area contributed by atoms with Crippen LogP contribution in [-0.2, 0) is 0 Å². The van der Waals surface area contributed by atoms with Gasteiger partial charge >= 0.3 is 0 Å². The van der Waals surface area contributed by atoms with E-state index in [1.165, 1.54) is 0 Å². The highest BCUT2D eigenvalue weighted by Gasteiger charge is 2.16. The predicted molar refractivity (Wildman–Crippen MR) is 86.7 cm³/mol. The number of rotatable bonds is 3. The second-order valence-electron chi connectivity index (χ2n) is 4.93. The molecule has 1 aromatic carbocycles. The Kier molecular flexibility index (Phi) is 4.55. The summed E-state index contributed by atoms with van der Waals surface area (Å²) < 4.78 is 2.80. The number of anilines is 1. The average molecular weight is 356 g/mol. The lowest BCUT2D eigenvalue weighted by Gasteiger charge is -2.14. The number of amides is 1. The lowest BCUT2D eigenvalue weighted by Crippen LogP contribution is -2.18. The van der Waals surface area contributed by atoms with Gasteiger partial charge in [-0.3, -0.25) is 4.79 Å². The van der Waals surface area contributed by atoms with E-state index in [9.17, 15) is 4.79 Å². The van der Waals surface area contributed by atoms with Gasteiger partial charge < -0.3 is 9.88 Å². The van der Waals surface area contributed by atoms with Crippen LogP contribution in [-0.4, -0.2) is 10.5 Å². The van der Waals surface area contributed by atoms with E-state index >= 15 is 0 Å². The molecule has 20 heavy (non-hydrogen) atoms. The van der Waals surface area contributed by atoms with E-state index in [0.29, 0.717) is 16.4 Å². The number of aryl methyl sites for hydroxylation is 1. The van der Waals surface area contributed by atoms with Gasteiger partial charge in [-0.15, -0.1) is 0 Å². The van der Waals surface area contributed by atoms with E-state index in [1.54, 1.807) is 6.07 Å². The molecule has 1 heterocycles. The van der Waals surface area contributed by atoms with Crippen molar-refractivity contribution in [2.75, 3.05) is 5.32 Å². The fraction of sp³-hybridized carbons (Fsp3) is 0.267. The Morgan fingerprint density at radius 3 is 2.70 bits per heavy atom. The first-order chi connectivity index (χ1) is 9.40. The molecule has 0 radical (unpaired) electrons. The van der Waals surface area contributed by atoms with E-state index in [1.807, 2.05) is 49.7 Å². The van der Waals surface area contributed by atoms with Crippen LogP contribution in [0.25, 0.3) is 0 Å². The van der Waals surface area contributed by atoms with E-state index in [2.05, 4.69) is 21.2 Å². The van der Waals surface area contributed by atoms with E-state index in [4.69, 9.17) is 11.6 Å². The zero-order chi connectivity index (χ0) is 14.9. The van der Waals surface area contributed by atoms with Crippen LogP contribution >= 0.6 is 27.5 Å². The Morgan fingerprint density at radius 2 is 2.10 bits per heavy atom. The van der Waals surface area contributed by atoms with Crippen LogP contribution in [0.3, 0.4) is 0 Å². The van der Waals surface area contributed by atoms with Gasteiger partial charge in [0.15, 0.2) is 0 Å². The molecular formula is C15H16BrClN2O. The molecule has 3 nitrogen and oxygen atoms in total. The molecule has 0 unspecified atom stereocenters. The Labute approximate surface area is 132 Å². The quantitative estimate of drug-likeness (QED) is 0.821. The van der Waals surface area contributed by atoms with Gasteiger partial charge in [0.25, 0.3) is 5.91 Å². The maximum absolute atomic E-state index is 12.4. The SMILES string of the molecule is Cc1cccc(Cl)c1NC(=O)c1cc(Br)cn1C(C)C. The number of nitrogens with one attached hydrogen (secondary N) is 1. The Bertz CT molecular complexity index is 629. The van der Waals surface area contributed by atoms with Crippen LogP contribution < -0.4 is 5.32 Å². The number of para-hydroxylation sites is 1. The van der Waals surface area contributed by atoms with Crippen LogP contribution in [0.15, 0.2) is 34.9 Å². The number of aromatic nitrogens is 1. The number of halogens is 2. The molecule has 1 amide bonds. The fourth-order valence-electron chi connectivity index (χ4n) is 2.02. The first kappa shape index (κ1) is 15.1. The highest BCUT2D eigenvalue weighted by atomic mass is 79.9. The van der Waals surface area contributed by atoms with Crippen LogP contribution in [0.2, 0.25) is 5.02 Å². The van der Waals surface area contributed by atoms with Crippen molar-refractivity contribution in [2.45, 2.75) is 26.8 Å². The Hall–Kier alpha value is -1.26. The van der Waals surface area contributed by atoms with Crippen molar-refractivity contribution in [1.29, 1.82) is 0 Å². The molecule has 0 saturated heterocycles. The minimum absolute atomic E-state index is 0.166. The van der Waals surface area contributed by atoms with Crippen molar-refractivity contribution in [3.05, 3.63) is 51.2 Å². The first-order valence-electron chi connectivity index (χ1n) is 6.34. The third-order valence-electron chi connectivity index (χ3n) is 3.06. The van der Waals surface area contributed by atoms with Gasteiger partial charge in [0.2, 0.25) is 0 Å². The largest absolute Gasteiger partial charge is 0.340 e. The summed E-state index contributed by atoms with van der Waals surface area (Å²) in [6.07, 6.45) is 1.90. The first-order valence-corrected chi connectivity index (χ1v) is 7.51. The monoisotopic (exact) mass is 354 g/mol. The molecule has 0 aliphatic carbocycles. The van der Waals surface area contributed by atoms with Crippen LogP contribution in [0.5, 0.6) is 0 Å². The van der Waals surface area contributed by atoms with Gasteiger partial charge in [0.1, 0.15) is 5.69 Å². The van der Waals surface area contributed by atoms with Crippen molar-refractivity contribution >= 4 is 39.1 Å². The topological polar surface area (TPSA) is 34.0 Å². The van der Waals surface area contributed by atoms with E-state index in [-0.39, 0.29) is 11.9 Å². The third-order valence-corrected chi connectivity index (χ3v) is 3.81. The van der Waals surface area contributed by atoms with Crippen molar-refractivity contribution in [3.63, 3.8) is 0 Å². The summed E-state index contributed by atoms with van der Waals surface area (Å²) in [4.78, 5) is 12.4. The lowest BCUT2D eigenvalue weighted by atomic mass is 10.2. The number of hydrogen-bond donors (Lipinski definition) is 1. The molecule has 0 saturated carbocycles. The Balaban J connectivity index is 2.34. The molecule has 1 N–H and O–H groups in total. The van der Waals surface area contributed by atoms with Crippen molar-refractivity contribution in [3.8, 4) is 0 Å². The molecule has 0 spiro atoms.